The molecule has 1 aromatic carbocycles. The van der Waals surface area contributed by atoms with Gasteiger partial charge < -0.3 is 9.64 Å². The standard InChI is InChI=1S/C10H12F2N2O/c11-14(12)10-3-1-9(2-4-10)13-5-7-15-8-6-13/h1-4H,5-8H2. The molecule has 0 radical (unpaired) electrons. The Morgan fingerprint density at radius 1 is 1.07 bits per heavy atom. The number of rotatable bonds is 2. The molecule has 0 aromatic heterocycles. The summed E-state index contributed by atoms with van der Waals surface area (Å²) in [6.45, 7) is 3.02. The number of anilines is 2. The zero-order chi connectivity index (χ0) is 10.7. The lowest BCUT2D eigenvalue weighted by atomic mass is 10.2. The third-order valence-electron chi connectivity index (χ3n) is 2.42. The van der Waals surface area contributed by atoms with Crippen LogP contribution in [0, 0.1) is 0 Å². The van der Waals surface area contributed by atoms with E-state index in [0.717, 1.165) is 18.8 Å². The van der Waals surface area contributed by atoms with Crippen molar-refractivity contribution in [3.05, 3.63) is 24.3 Å². The van der Waals surface area contributed by atoms with E-state index in [9.17, 15) is 8.96 Å². The minimum absolute atomic E-state index is 0.0907. The van der Waals surface area contributed by atoms with Crippen LogP contribution in [0.3, 0.4) is 0 Å². The highest BCUT2D eigenvalue weighted by Gasteiger charge is 2.11. The fourth-order valence-corrected chi connectivity index (χ4v) is 1.60. The number of hydrogen-bond donors (Lipinski definition) is 0. The van der Waals surface area contributed by atoms with E-state index in [1.165, 1.54) is 12.1 Å². The SMILES string of the molecule is FN(F)c1ccc(N2CCOCC2)cc1. The summed E-state index contributed by atoms with van der Waals surface area (Å²) in [4.78, 5) is 2.12. The number of nitrogens with zero attached hydrogens (tertiary/aromatic N) is 2. The lowest BCUT2D eigenvalue weighted by Crippen LogP contribution is -2.36. The van der Waals surface area contributed by atoms with E-state index < -0.39 is 5.34 Å². The minimum Gasteiger partial charge on any atom is -0.378 e. The van der Waals surface area contributed by atoms with Gasteiger partial charge in [0.25, 0.3) is 0 Å². The Kier molecular flexibility index (Phi) is 3.01. The van der Waals surface area contributed by atoms with Crippen molar-refractivity contribution in [3.63, 3.8) is 0 Å². The molecule has 15 heavy (non-hydrogen) atoms. The molecule has 0 saturated carbocycles. The molecule has 2 rings (SSSR count). The van der Waals surface area contributed by atoms with E-state index in [-0.39, 0.29) is 5.69 Å². The van der Waals surface area contributed by atoms with Gasteiger partial charge >= 0.3 is 0 Å². The molecule has 1 fully saturated rings. The summed E-state index contributed by atoms with van der Waals surface area (Å²) in [5, 5.41) is -0.886. The quantitative estimate of drug-likeness (QED) is 0.701. The molecule has 1 aliphatic rings. The van der Waals surface area contributed by atoms with Gasteiger partial charge in [0, 0.05) is 18.8 Å². The molecule has 0 spiro atoms. The Labute approximate surface area is 86.7 Å². The zero-order valence-electron chi connectivity index (χ0n) is 8.20. The molecule has 5 heteroatoms. The maximum atomic E-state index is 12.1. The molecule has 0 bridgehead atoms. The van der Waals surface area contributed by atoms with Crippen molar-refractivity contribution in [2.75, 3.05) is 36.5 Å². The van der Waals surface area contributed by atoms with Gasteiger partial charge in [-0.3, -0.25) is 0 Å². The average Bonchev–Trinajstić information content (AvgIpc) is 2.30. The van der Waals surface area contributed by atoms with Gasteiger partial charge in [-0.15, -0.1) is 0 Å². The molecule has 1 aliphatic heterocycles. The summed E-state index contributed by atoms with van der Waals surface area (Å²) >= 11 is 0. The normalized spacial score (nSPS) is 16.5. The number of ether oxygens (including phenoxy) is 1. The Morgan fingerprint density at radius 2 is 1.67 bits per heavy atom. The predicted molar refractivity (Wildman–Crippen MR) is 54.2 cm³/mol. The first kappa shape index (κ1) is 10.2. The van der Waals surface area contributed by atoms with Gasteiger partial charge in [0.15, 0.2) is 0 Å². The lowest BCUT2D eigenvalue weighted by molar-refractivity contribution is 0.122. The lowest BCUT2D eigenvalue weighted by Gasteiger charge is -2.28. The fourth-order valence-electron chi connectivity index (χ4n) is 1.60. The fraction of sp³-hybridized carbons (Fsp3) is 0.400. The summed E-state index contributed by atoms with van der Waals surface area (Å²) in [5.41, 5.74) is 0.871. The van der Waals surface area contributed by atoms with Crippen LogP contribution in [0.5, 0.6) is 0 Å². The van der Waals surface area contributed by atoms with Crippen LogP contribution in [0.1, 0.15) is 0 Å². The van der Waals surface area contributed by atoms with Crippen LogP contribution in [0.15, 0.2) is 24.3 Å². The molecule has 3 nitrogen and oxygen atoms in total. The van der Waals surface area contributed by atoms with Crippen molar-refractivity contribution in [2.24, 2.45) is 0 Å². The van der Waals surface area contributed by atoms with E-state index in [4.69, 9.17) is 4.74 Å². The van der Waals surface area contributed by atoms with Crippen LogP contribution >= 0.6 is 0 Å². The number of hydrogen-bond acceptors (Lipinski definition) is 3. The van der Waals surface area contributed by atoms with E-state index in [1.807, 2.05) is 0 Å². The molecule has 1 heterocycles. The number of benzene rings is 1. The van der Waals surface area contributed by atoms with Crippen LogP contribution in [0.4, 0.5) is 20.3 Å². The van der Waals surface area contributed by atoms with Gasteiger partial charge in [0.1, 0.15) is 5.69 Å². The molecular weight excluding hydrogens is 202 g/mol. The summed E-state index contributed by atoms with van der Waals surface area (Å²) in [5.74, 6) is 0. The second kappa shape index (κ2) is 4.44. The van der Waals surface area contributed by atoms with Crippen molar-refractivity contribution >= 4 is 11.4 Å². The molecular formula is C10H12F2N2O. The summed E-state index contributed by atoms with van der Waals surface area (Å²) < 4.78 is 29.5. The van der Waals surface area contributed by atoms with Crippen LogP contribution in [-0.4, -0.2) is 26.3 Å². The second-order valence-corrected chi connectivity index (χ2v) is 3.35. The third kappa shape index (κ3) is 2.36. The average molecular weight is 214 g/mol. The van der Waals surface area contributed by atoms with Crippen molar-refractivity contribution in [1.29, 1.82) is 0 Å². The van der Waals surface area contributed by atoms with Crippen molar-refractivity contribution in [3.8, 4) is 0 Å². The van der Waals surface area contributed by atoms with Crippen LogP contribution < -0.4 is 10.2 Å². The highest BCUT2D eigenvalue weighted by molar-refractivity contribution is 5.54. The Balaban J connectivity index is 2.08. The molecule has 0 amide bonds. The zero-order valence-corrected chi connectivity index (χ0v) is 8.20. The highest BCUT2D eigenvalue weighted by Crippen LogP contribution is 2.21. The monoisotopic (exact) mass is 214 g/mol. The molecule has 0 aliphatic carbocycles. The number of halogens is 2. The van der Waals surface area contributed by atoms with Gasteiger partial charge in [-0.05, 0) is 29.6 Å². The first-order chi connectivity index (χ1) is 7.27. The molecule has 0 N–H and O–H groups in total. The van der Waals surface area contributed by atoms with Crippen LogP contribution in [-0.2, 0) is 4.74 Å². The number of morpholine rings is 1. The maximum absolute atomic E-state index is 12.1. The first-order valence-electron chi connectivity index (χ1n) is 4.82. The molecule has 1 aromatic rings. The van der Waals surface area contributed by atoms with Crippen molar-refractivity contribution in [1.82, 2.24) is 0 Å². The Morgan fingerprint density at radius 3 is 2.20 bits per heavy atom. The predicted octanol–water partition coefficient (Wildman–Crippen LogP) is 2.10. The highest BCUT2D eigenvalue weighted by atomic mass is 19.4. The summed E-state index contributed by atoms with van der Waals surface area (Å²) in [7, 11) is 0. The second-order valence-electron chi connectivity index (χ2n) is 3.35. The maximum Gasteiger partial charge on any atom is 0.105 e. The van der Waals surface area contributed by atoms with Crippen LogP contribution in [0.2, 0.25) is 0 Å². The third-order valence-corrected chi connectivity index (χ3v) is 2.42. The van der Waals surface area contributed by atoms with Crippen molar-refractivity contribution < 1.29 is 13.7 Å². The smallest absolute Gasteiger partial charge is 0.105 e. The van der Waals surface area contributed by atoms with E-state index in [1.54, 1.807) is 12.1 Å². The Bertz CT molecular complexity index is 310. The largest absolute Gasteiger partial charge is 0.378 e. The van der Waals surface area contributed by atoms with E-state index in [0.29, 0.717) is 13.2 Å². The van der Waals surface area contributed by atoms with Gasteiger partial charge in [-0.25, -0.2) is 0 Å². The summed E-state index contributed by atoms with van der Waals surface area (Å²) in [6, 6.07) is 6.22. The van der Waals surface area contributed by atoms with Gasteiger partial charge in [0.2, 0.25) is 0 Å². The van der Waals surface area contributed by atoms with Crippen molar-refractivity contribution in [2.45, 2.75) is 0 Å². The molecule has 1 saturated heterocycles. The topological polar surface area (TPSA) is 15.7 Å². The minimum atomic E-state index is -0.886. The van der Waals surface area contributed by atoms with Gasteiger partial charge in [-0.1, -0.05) is 8.96 Å². The van der Waals surface area contributed by atoms with Crippen LogP contribution in [0.25, 0.3) is 0 Å². The molecule has 0 unspecified atom stereocenters. The van der Waals surface area contributed by atoms with Gasteiger partial charge in [-0.2, -0.15) is 0 Å². The van der Waals surface area contributed by atoms with E-state index >= 15 is 0 Å². The summed E-state index contributed by atoms with van der Waals surface area (Å²) in [6.07, 6.45) is 0. The van der Waals surface area contributed by atoms with E-state index in [2.05, 4.69) is 4.90 Å². The van der Waals surface area contributed by atoms with Gasteiger partial charge in [0.05, 0.1) is 13.2 Å². The Hall–Kier alpha value is -1.36. The first-order valence-corrected chi connectivity index (χ1v) is 4.82. The molecule has 82 valence electrons. The molecule has 0 atom stereocenters.